The van der Waals surface area contributed by atoms with Crippen LogP contribution in [0.4, 0.5) is 17.1 Å². The lowest BCUT2D eigenvalue weighted by atomic mass is 9.63. The molecule has 0 bridgehead atoms. The highest BCUT2D eigenvalue weighted by Crippen LogP contribution is 2.47. The fourth-order valence-electron chi connectivity index (χ4n) is 7.43. The summed E-state index contributed by atoms with van der Waals surface area (Å²) in [4.78, 5) is 2.41. The summed E-state index contributed by atoms with van der Waals surface area (Å²) in [5, 5.41) is 3.07. The minimum Gasteiger partial charge on any atom is -0.311 e. The molecule has 0 saturated carbocycles. The Bertz CT molecular complexity index is 1790. The molecule has 0 unspecified atom stereocenters. The van der Waals surface area contributed by atoms with Crippen LogP contribution in [0.1, 0.15) is 51.7 Å². The largest absolute Gasteiger partial charge is 0.311 e. The van der Waals surface area contributed by atoms with E-state index in [9.17, 15) is 0 Å². The number of nitrogens with zero attached hydrogens (tertiary/aromatic N) is 1. The molecule has 1 aliphatic carbocycles. The minimum absolute atomic E-state index is 0.204. The molecule has 2 aliphatic rings. The van der Waals surface area contributed by atoms with Gasteiger partial charge in [-0.1, -0.05) is 120 Å². The van der Waals surface area contributed by atoms with Gasteiger partial charge in [0.05, 0.1) is 0 Å². The molecule has 5 aromatic carbocycles. The Balaban J connectivity index is 1.29. The highest BCUT2D eigenvalue weighted by atomic mass is 28.3. The molecule has 1 heterocycles. The van der Waals surface area contributed by atoms with Crippen molar-refractivity contribution in [1.29, 1.82) is 0 Å². The molecule has 2 heteroatoms. The molecular weight excluding hydrogens is 523 g/mol. The molecule has 0 saturated heterocycles. The van der Waals surface area contributed by atoms with E-state index < -0.39 is 8.07 Å². The molecule has 0 aromatic heterocycles. The van der Waals surface area contributed by atoms with E-state index in [4.69, 9.17) is 0 Å². The standard InChI is InChI=1S/C40H41NSi/c1-39(2)24-25-40(3,4)36-26-29(18-23-35(36)39)28-16-19-31(20-17-28)41(30-12-8-7-9-13-30)32-21-22-34-33-14-10-11-15-37(33)42(5,6)38(34)27-32/h7-23,26-27H,24-25H2,1-6H3. The van der Waals surface area contributed by atoms with Gasteiger partial charge >= 0.3 is 0 Å². The highest BCUT2D eigenvalue weighted by Gasteiger charge is 2.38. The van der Waals surface area contributed by atoms with Crippen LogP contribution in [0, 0.1) is 0 Å². The summed E-state index contributed by atoms with van der Waals surface area (Å²) < 4.78 is 0. The number of benzene rings is 5. The summed E-state index contributed by atoms with van der Waals surface area (Å²) in [6.45, 7) is 14.6. The third-order valence-corrected chi connectivity index (χ3v) is 13.7. The van der Waals surface area contributed by atoms with Gasteiger partial charge < -0.3 is 4.90 Å². The molecule has 5 aromatic rings. The van der Waals surface area contributed by atoms with Gasteiger partial charge in [-0.05, 0) is 104 Å². The molecule has 0 fully saturated rings. The Hall–Kier alpha value is -3.88. The monoisotopic (exact) mass is 563 g/mol. The van der Waals surface area contributed by atoms with Gasteiger partial charge in [0.15, 0.2) is 0 Å². The first-order chi connectivity index (χ1) is 20.1. The van der Waals surface area contributed by atoms with Gasteiger partial charge in [-0.15, -0.1) is 0 Å². The molecule has 0 amide bonds. The second kappa shape index (κ2) is 9.57. The first-order valence-corrected chi connectivity index (χ1v) is 18.4. The predicted octanol–water partition coefficient (Wildman–Crippen LogP) is 9.98. The molecule has 0 atom stereocenters. The Morgan fingerprint density at radius 3 is 1.81 bits per heavy atom. The van der Waals surface area contributed by atoms with Gasteiger partial charge in [0.2, 0.25) is 0 Å². The zero-order valence-corrected chi connectivity index (χ0v) is 26.8. The first-order valence-electron chi connectivity index (χ1n) is 15.4. The fourth-order valence-corrected chi connectivity index (χ4v) is 10.5. The lowest BCUT2D eigenvalue weighted by molar-refractivity contribution is 0.332. The Labute approximate surface area is 252 Å². The maximum atomic E-state index is 2.49. The van der Waals surface area contributed by atoms with Crippen molar-refractivity contribution >= 4 is 35.5 Å². The van der Waals surface area contributed by atoms with Crippen molar-refractivity contribution in [3.63, 3.8) is 0 Å². The Kier molecular flexibility index (Phi) is 6.15. The summed E-state index contributed by atoms with van der Waals surface area (Å²) in [6.07, 6.45) is 2.47. The maximum absolute atomic E-state index is 2.49. The van der Waals surface area contributed by atoms with Crippen molar-refractivity contribution in [2.24, 2.45) is 0 Å². The average molecular weight is 564 g/mol. The summed E-state index contributed by atoms with van der Waals surface area (Å²) >= 11 is 0. The van der Waals surface area contributed by atoms with Crippen LogP contribution in [0.2, 0.25) is 13.1 Å². The van der Waals surface area contributed by atoms with Crippen molar-refractivity contribution in [3.8, 4) is 22.3 Å². The van der Waals surface area contributed by atoms with Gasteiger partial charge in [-0.2, -0.15) is 0 Å². The normalized spacial score (nSPS) is 17.2. The van der Waals surface area contributed by atoms with Crippen molar-refractivity contribution in [1.82, 2.24) is 0 Å². The van der Waals surface area contributed by atoms with E-state index in [2.05, 4.69) is 161 Å². The van der Waals surface area contributed by atoms with Gasteiger partial charge in [-0.3, -0.25) is 0 Å². The first kappa shape index (κ1) is 27.0. The summed E-state index contributed by atoms with van der Waals surface area (Å²) in [7, 11) is -1.77. The van der Waals surface area contributed by atoms with Crippen molar-refractivity contribution < 1.29 is 0 Å². The third kappa shape index (κ3) is 4.27. The zero-order chi connectivity index (χ0) is 29.3. The van der Waals surface area contributed by atoms with Crippen LogP contribution in [-0.4, -0.2) is 8.07 Å². The van der Waals surface area contributed by atoms with Crippen LogP contribution in [-0.2, 0) is 10.8 Å². The van der Waals surface area contributed by atoms with Gasteiger partial charge in [0.25, 0.3) is 0 Å². The van der Waals surface area contributed by atoms with Crippen LogP contribution in [0.5, 0.6) is 0 Å². The smallest absolute Gasteiger partial charge is 0.113 e. The number of anilines is 3. The topological polar surface area (TPSA) is 3.24 Å². The molecule has 1 nitrogen and oxygen atoms in total. The van der Waals surface area contributed by atoms with Crippen LogP contribution in [0.15, 0.2) is 115 Å². The SMILES string of the molecule is CC1(C)CCC(C)(C)c2cc(-c3ccc(N(c4ccccc4)c4ccc5c(c4)[Si](C)(C)c4ccccc4-5)cc3)ccc21. The molecule has 7 rings (SSSR count). The minimum atomic E-state index is -1.77. The quantitative estimate of drug-likeness (QED) is 0.197. The van der Waals surface area contributed by atoms with E-state index in [0.717, 1.165) is 0 Å². The fraction of sp³-hybridized carbons (Fsp3) is 0.250. The molecule has 0 spiro atoms. The van der Waals surface area contributed by atoms with Crippen molar-refractivity contribution in [3.05, 3.63) is 126 Å². The second-order valence-corrected chi connectivity index (χ2v) is 18.5. The van der Waals surface area contributed by atoms with E-state index >= 15 is 0 Å². The van der Waals surface area contributed by atoms with Gasteiger partial charge in [0.1, 0.15) is 8.07 Å². The maximum Gasteiger partial charge on any atom is 0.113 e. The van der Waals surface area contributed by atoms with Crippen molar-refractivity contribution in [2.75, 3.05) is 4.90 Å². The zero-order valence-electron chi connectivity index (χ0n) is 25.8. The Morgan fingerprint density at radius 1 is 0.500 bits per heavy atom. The van der Waals surface area contributed by atoms with E-state index in [1.54, 1.807) is 5.19 Å². The lowest BCUT2D eigenvalue weighted by Gasteiger charge is -2.42. The number of hydrogen-bond acceptors (Lipinski definition) is 1. The molecule has 1 aliphatic heterocycles. The molecule has 0 N–H and O–H groups in total. The van der Waals surface area contributed by atoms with Gasteiger partial charge in [-0.25, -0.2) is 0 Å². The summed E-state index contributed by atoms with van der Waals surface area (Å²) in [5.74, 6) is 0. The molecule has 210 valence electrons. The number of fused-ring (bicyclic) bond motifs is 4. The second-order valence-electron chi connectivity index (χ2n) is 14.1. The molecule has 0 radical (unpaired) electrons. The van der Waals surface area contributed by atoms with Crippen molar-refractivity contribution in [2.45, 2.75) is 64.5 Å². The average Bonchev–Trinajstić information content (AvgIpc) is 3.23. The van der Waals surface area contributed by atoms with E-state index in [1.165, 1.54) is 68.5 Å². The predicted molar refractivity (Wildman–Crippen MR) is 184 cm³/mol. The van der Waals surface area contributed by atoms with Crippen LogP contribution < -0.4 is 15.3 Å². The molecule has 42 heavy (non-hydrogen) atoms. The number of para-hydroxylation sites is 1. The van der Waals surface area contributed by atoms with E-state index in [1.807, 2.05) is 0 Å². The van der Waals surface area contributed by atoms with Crippen LogP contribution >= 0.6 is 0 Å². The number of hydrogen-bond donors (Lipinski definition) is 0. The van der Waals surface area contributed by atoms with Crippen LogP contribution in [0.25, 0.3) is 22.3 Å². The van der Waals surface area contributed by atoms with Crippen LogP contribution in [0.3, 0.4) is 0 Å². The summed E-state index contributed by atoms with van der Waals surface area (Å²) in [6, 6.07) is 43.3. The van der Waals surface area contributed by atoms with E-state index in [0.29, 0.717) is 0 Å². The lowest BCUT2D eigenvalue weighted by Crippen LogP contribution is -2.49. The summed E-state index contributed by atoms with van der Waals surface area (Å²) in [5.41, 5.74) is 12.4. The van der Waals surface area contributed by atoms with Gasteiger partial charge in [0, 0.05) is 17.1 Å². The van der Waals surface area contributed by atoms with E-state index in [-0.39, 0.29) is 10.8 Å². The Morgan fingerprint density at radius 2 is 1.07 bits per heavy atom. The molecular formula is C40H41NSi. The third-order valence-electron chi connectivity index (χ3n) is 10.2. The highest BCUT2D eigenvalue weighted by molar-refractivity contribution is 7.03. The number of rotatable bonds is 4.